The molecule has 2 saturated heterocycles. The van der Waals surface area contributed by atoms with E-state index in [1.807, 2.05) is 0 Å². The fourth-order valence-electron chi connectivity index (χ4n) is 2.80. The molecule has 2 aliphatic heterocycles. The standard InChI is InChI=1S/C10H13NO/c1-7-4-8-10(2-3-10)5-9(12)11(8)6-7/h8H,1-6H2. The van der Waals surface area contributed by atoms with Crippen molar-refractivity contribution in [3.05, 3.63) is 12.2 Å². The first-order valence-electron chi connectivity index (χ1n) is 4.67. The molecule has 0 aromatic carbocycles. The summed E-state index contributed by atoms with van der Waals surface area (Å²) in [5, 5.41) is 0. The van der Waals surface area contributed by atoms with Crippen LogP contribution in [0.1, 0.15) is 25.7 Å². The van der Waals surface area contributed by atoms with Crippen LogP contribution >= 0.6 is 0 Å². The van der Waals surface area contributed by atoms with Crippen LogP contribution in [0.5, 0.6) is 0 Å². The van der Waals surface area contributed by atoms with Crippen LogP contribution in [0.3, 0.4) is 0 Å². The Kier molecular flexibility index (Phi) is 0.980. The largest absolute Gasteiger partial charge is 0.335 e. The summed E-state index contributed by atoms with van der Waals surface area (Å²) < 4.78 is 0. The fraction of sp³-hybridized carbons (Fsp3) is 0.700. The molecule has 1 atom stereocenters. The van der Waals surface area contributed by atoms with Crippen molar-refractivity contribution in [1.82, 2.24) is 4.90 Å². The Morgan fingerprint density at radius 2 is 2.25 bits per heavy atom. The topological polar surface area (TPSA) is 20.3 Å². The molecule has 0 N–H and O–H groups in total. The van der Waals surface area contributed by atoms with Gasteiger partial charge in [-0.25, -0.2) is 0 Å². The van der Waals surface area contributed by atoms with E-state index in [1.165, 1.54) is 18.4 Å². The van der Waals surface area contributed by atoms with Crippen LogP contribution in [0.15, 0.2) is 12.2 Å². The first kappa shape index (κ1) is 6.70. The molecule has 2 heteroatoms. The van der Waals surface area contributed by atoms with Crippen molar-refractivity contribution in [2.24, 2.45) is 5.41 Å². The van der Waals surface area contributed by atoms with Crippen molar-refractivity contribution in [1.29, 1.82) is 0 Å². The molecule has 0 bridgehead atoms. The summed E-state index contributed by atoms with van der Waals surface area (Å²) >= 11 is 0. The summed E-state index contributed by atoms with van der Waals surface area (Å²) in [7, 11) is 0. The molecule has 1 amide bonds. The van der Waals surface area contributed by atoms with Crippen LogP contribution in [0.2, 0.25) is 0 Å². The Bertz CT molecular complexity index is 278. The molecule has 2 nitrogen and oxygen atoms in total. The number of amides is 1. The molecule has 3 fully saturated rings. The lowest BCUT2D eigenvalue weighted by atomic mass is 9.94. The van der Waals surface area contributed by atoms with Gasteiger partial charge in [-0.05, 0) is 24.7 Å². The third kappa shape index (κ3) is 0.637. The van der Waals surface area contributed by atoms with Crippen LogP contribution in [0, 0.1) is 5.41 Å². The van der Waals surface area contributed by atoms with E-state index >= 15 is 0 Å². The molecule has 1 unspecified atom stereocenters. The maximum Gasteiger partial charge on any atom is 0.223 e. The minimum atomic E-state index is 0.371. The van der Waals surface area contributed by atoms with Gasteiger partial charge in [-0.2, -0.15) is 0 Å². The third-order valence-electron chi connectivity index (χ3n) is 3.67. The van der Waals surface area contributed by atoms with Gasteiger partial charge in [0, 0.05) is 19.0 Å². The molecule has 64 valence electrons. The maximum atomic E-state index is 11.5. The molecule has 1 spiro atoms. The molecule has 0 radical (unpaired) electrons. The van der Waals surface area contributed by atoms with Gasteiger partial charge in [0.05, 0.1) is 0 Å². The van der Waals surface area contributed by atoms with Crippen LogP contribution < -0.4 is 0 Å². The van der Waals surface area contributed by atoms with Crippen molar-refractivity contribution in [3.8, 4) is 0 Å². The van der Waals surface area contributed by atoms with Crippen molar-refractivity contribution in [2.75, 3.05) is 6.54 Å². The monoisotopic (exact) mass is 163 g/mol. The summed E-state index contributed by atoms with van der Waals surface area (Å²) in [6.45, 7) is 4.81. The summed E-state index contributed by atoms with van der Waals surface area (Å²) in [6, 6.07) is 0.539. The van der Waals surface area contributed by atoms with Gasteiger partial charge < -0.3 is 4.90 Å². The minimum Gasteiger partial charge on any atom is -0.335 e. The van der Waals surface area contributed by atoms with Crippen LogP contribution in [0.4, 0.5) is 0 Å². The Hall–Kier alpha value is -0.790. The average Bonchev–Trinajstić information content (AvgIpc) is 2.60. The molecule has 1 saturated carbocycles. The predicted octanol–water partition coefficient (Wildman–Crippen LogP) is 1.33. The lowest BCUT2D eigenvalue weighted by Crippen LogP contribution is -2.29. The van der Waals surface area contributed by atoms with Gasteiger partial charge in [-0.1, -0.05) is 12.2 Å². The highest BCUT2D eigenvalue weighted by Crippen LogP contribution is 2.60. The third-order valence-corrected chi connectivity index (χ3v) is 3.67. The number of hydrogen-bond acceptors (Lipinski definition) is 1. The van der Waals surface area contributed by atoms with Crippen LogP contribution in [-0.4, -0.2) is 23.4 Å². The first-order chi connectivity index (χ1) is 5.71. The van der Waals surface area contributed by atoms with E-state index < -0.39 is 0 Å². The van der Waals surface area contributed by atoms with Crippen molar-refractivity contribution >= 4 is 5.91 Å². The maximum absolute atomic E-state index is 11.5. The van der Waals surface area contributed by atoms with E-state index in [1.54, 1.807) is 0 Å². The van der Waals surface area contributed by atoms with E-state index in [9.17, 15) is 4.79 Å². The summed E-state index contributed by atoms with van der Waals surface area (Å²) in [5.74, 6) is 0.371. The normalized spacial score (nSPS) is 36.3. The zero-order chi connectivity index (χ0) is 8.34. The van der Waals surface area contributed by atoms with Gasteiger partial charge in [0.2, 0.25) is 5.91 Å². The molecule has 0 aromatic heterocycles. The zero-order valence-electron chi connectivity index (χ0n) is 7.18. The lowest BCUT2D eigenvalue weighted by molar-refractivity contribution is -0.127. The van der Waals surface area contributed by atoms with Gasteiger partial charge in [0.1, 0.15) is 0 Å². The van der Waals surface area contributed by atoms with E-state index in [-0.39, 0.29) is 0 Å². The van der Waals surface area contributed by atoms with Gasteiger partial charge in [-0.3, -0.25) is 4.79 Å². The van der Waals surface area contributed by atoms with E-state index in [0.717, 1.165) is 19.4 Å². The van der Waals surface area contributed by atoms with Gasteiger partial charge in [0.15, 0.2) is 0 Å². The molecular weight excluding hydrogens is 150 g/mol. The number of rotatable bonds is 0. The SMILES string of the molecule is C=C1CC2N(C1)C(=O)CC21CC1. The summed E-state index contributed by atoms with van der Waals surface area (Å²) in [6.07, 6.45) is 4.44. The number of carbonyl (C=O) groups is 1. The molecule has 1 aliphatic carbocycles. The van der Waals surface area contributed by atoms with Gasteiger partial charge >= 0.3 is 0 Å². The highest BCUT2D eigenvalue weighted by molar-refractivity contribution is 5.82. The molecule has 12 heavy (non-hydrogen) atoms. The zero-order valence-corrected chi connectivity index (χ0v) is 7.18. The Balaban J connectivity index is 1.98. The Morgan fingerprint density at radius 1 is 1.50 bits per heavy atom. The number of fused-ring (bicyclic) bond motifs is 2. The minimum absolute atomic E-state index is 0.371. The fourth-order valence-corrected chi connectivity index (χ4v) is 2.80. The lowest BCUT2D eigenvalue weighted by Gasteiger charge is -2.18. The summed E-state index contributed by atoms with van der Waals surface area (Å²) in [4.78, 5) is 13.6. The molecule has 3 aliphatic rings. The number of carbonyl (C=O) groups excluding carboxylic acids is 1. The van der Waals surface area contributed by atoms with Crippen LogP contribution in [0.25, 0.3) is 0 Å². The quantitative estimate of drug-likeness (QED) is 0.493. The molecule has 0 aromatic rings. The van der Waals surface area contributed by atoms with Crippen molar-refractivity contribution in [2.45, 2.75) is 31.7 Å². The Labute approximate surface area is 72.2 Å². The highest BCUT2D eigenvalue weighted by Gasteiger charge is 2.60. The first-order valence-corrected chi connectivity index (χ1v) is 4.67. The number of nitrogens with zero attached hydrogens (tertiary/aromatic N) is 1. The van der Waals surface area contributed by atoms with Gasteiger partial charge in [0.25, 0.3) is 0 Å². The van der Waals surface area contributed by atoms with Crippen molar-refractivity contribution in [3.63, 3.8) is 0 Å². The van der Waals surface area contributed by atoms with Gasteiger partial charge in [-0.15, -0.1) is 0 Å². The van der Waals surface area contributed by atoms with E-state index in [2.05, 4.69) is 11.5 Å². The smallest absolute Gasteiger partial charge is 0.223 e. The molecular formula is C10H13NO. The van der Waals surface area contributed by atoms with E-state index in [4.69, 9.17) is 0 Å². The second kappa shape index (κ2) is 1.76. The molecule has 2 heterocycles. The molecule has 3 rings (SSSR count). The second-order valence-electron chi connectivity index (χ2n) is 4.53. The Morgan fingerprint density at radius 3 is 2.92 bits per heavy atom. The summed E-state index contributed by atoms with van der Waals surface area (Å²) in [5.41, 5.74) is 1.66. The predicted molar refractivity (Wildman–Crippen MR) is 45.5 cm³/mol. The van der Waals surface area contributed by atoms with Crippen molar-refractivity contribution < 1.29 is 4.79 Å². The number of hydrogen-bond donors (Lipinski definition) is 0. The second-order valence-corrected chi connectivity index (χ2v) is 4.53. The van der Waals surface area contributed by atoms with E-state index in [0.29, 0.717) is 17.4 Å². The highest BCUT2D eigenvalue weighted by atomic mass is 16.2. The van der Waals surface area contributed by atoms with Crippen LogP contribution in [-0.2, 0) is 4.79 Å². The average molecular weight is 163 g/mol.